The Labute approximate surface area is 119 Å². The summed E-state index contributed by atoms with van der Waals surface area (Å²) in [6.45, 7) is 7.05. The molecule has 1 aliphatic rings. The predicted octanol–water partition coefficient (Wildman–Crippen LogP) is 1.49. The van der Waals surface area contributed by atoms with Crippen LogP contribution >= 0.6 is 0 Å². The molecule has 110 valence electrons. The molecule has 0 bridgehead atoms. The molecule has 20 heavy (non-hydrogen) atoms. The van der Waals surface area contributed by atoms with Crippen molar-refractivity contribution < 1.29 is 4.79 Å². The Morgan fingerprint density at radius 1 is 1.50 bits per heavy atom. The van der Waals surface area contributed by atoms with Crippen molar-refractivity contribution in [3.8, 4) is 0 Å². The van der Waals surface area contributed by atoms with Crippen LogP contribution in [0.2, 0.25) is 0 Å². The second-order valence-electron chi connectivity index (χ2n) is 5.46. The van der Waals surface area contributed by atoms with Crippen LogP contribution in [0.4, 0.5) is 11.6 Å². The number of nitrogens with one attached hydrogen (secondary N) is 1. The normalized spacial score (nSPS) is 14.4. The number of rotatable bonds is 7. The smallest absolute Gasteiger partial charge is 0.237 e. The highest BCUT2D eigenvalue weighted by Gasteiger charge is 2.28. The van der Waals surface area contributed by atoms with Crippen molar-refractivity contribution in [2.24, 2.45) is 5.73 Å². The fraction of sp³-hybridized carbons (Fsp3) is 0.643. The fourth-order valence-electron chi connectivity index (χ4n) is 2.09. The van der Waals surface area contributed by atoms with Crippen LogP contribution in [0, 0.1) is 0 Å². The minimum atomic E-state index is -0.352. The molecular weight excluding hydrogens is 254 g/mol. The topological polar surface area (TPSA) is 84.1 Å². The molecule has 1 aliphatic carbocycles. The summed E-state index contributed by atoms with van der Waals surface area (Å²) in [5.41, 5.74) is 5.34. The van der Waals surface area contributed by atoms with Gasteiger partial charge in [0.15, 0.2) is 0 Å². The third-order valence-electron chi connectivity index (χ3n) is 3.27. The summed E-state index contributed by atoms with van der Waals surface area (Å²) in [5.74, 6) is 2.57. The third kappa shape index (κ3) is 3.59. The summed E-state index contributed by atoms with van der Waals surface area (Å²) in [5, 5.41) is 3.22. The first-order chi connectivity index (χ1) is 9.51. The minimum Gasteiger partial charge on any atom is -0.370 e. The van der Waals surface area contributed by atoms with Crippen molar-refractivity contribution in [1.82, 2.24) is 9.97 Å². The SMILES string of the molecule is CCNc1cc(N(CC(N)=O)C(C)C)nc(C2CC2)n1. The van der Waals surface area contributed by atoms with Crippen LogP contribution in [0.5, 0.6) is 0 Å². The summed E-state index contributed by atoms with van der Waals surface area (Å²) in [7, 11) is 0. The number of hydrogen-bond donors (Lipinski definition) is 2. The predicted molar refractivity (Wildman–Crippen MR) is 79.8 cm³/mol. The molecule has 0 aliphatic heterocycles. The van der Waals surface area contributed by atoms with Gasteiger partial charge in [0.25, 0.3) is 0 Å². The van der Waals surface area contributed by atoms with Crippen LogP contribution in [0.3, 0.4) is 0 Å². The third-order valence-corrected chi connectivity index (χ3v) is 3.27. The largest absolute Gasteiger partial charge is 0.370 e. The zero-order valence-electron chi connectivity index (χ0n) is 12.4. The molecule has 0 radical (unpaired) electrons. The van der Waals surface area contributed by atoms with Gasteiger partial charge in [0, 0.05) is 24.6 Å². The van der Waals surface area contributed by atoms with Crippen LogP contribution in [0.1, 0.15) is 45.4 Å². The van der Waals surface area contributed by atoms with Gasteiger partial charge in [-0.05, 0) is 33.6 Å². The van der Waals surface area contributed by atoms with Gasteiger partial charge in [-0.2, -0.15) is 0 Å². The zero-order chi connectivity index (χ0) is 14.7. The number of anilines is 2. The highest BCUT2D eigenvalue weighted by atomic mass is 16.1. The Morgan fingerprint density at radius 2 is 2.20 bits per heavy atom. The molecule has 6 nitrogen and oxygen atoms in total. The summed E-state index contributed by atoms with van der Waals surface area (Å²) < 4.78 is 0. The van der Waals surface area contributed by atoms with Crippen LogP contribution in [-0.2, 0) is 4.79 Å². The van der Waals surface area contributed by atoms with Gasteiger partial charge >= 0.3 is 0 Å². The van der Waals surface area contributed by atoms with Crippen molar-refractivity contribution in [3.63, 3.8) is 0 Å². The van der Waals surface area contributed by atoms with Crippen molar-refractivity contribution in [3.05, 3.63) is 11.9 Å². The average Bonchev–Trinajstić information content (AvgIpc) is 3.19. The van der Waals surface area contributed by atoms with Crippen LogP contribution in [-0.4, -0.2) is 35.0 Å². The molecule has 0 unspecified atom stereocenters. The lowest BCUT2D eigenvalue weighted by Crippen LogP contribution is -2.39. The fourth-order valence-corrected chi connectivity index (χ4v) is 2.09. The van der Waals surface area contributed by atoms with E-state index in [1.165, 1.54) is 0 Å². The highest BCUT2D eigenvalue weighted by molar-refractivity contribution is 5.79. The number of carbonyl (C=O) groups is 1. The summed E-state index contributed by atoms with van der Waals surface area (Å²) in [6.07, 6.45) is 2.29. The Balaban J connectivity index is 2.33. The molecule has 1 aromatic heterocycles. The Bertz CT molecular complexity index is 484. The van der Waals surface area contributed by atoms with Crippen molar-refractivity contribution in [2.45, 2.75) is 45.6 Å². The van der Waals surface area contributed by atoms with E-state index < -0.39 is 0 Å². The summed E-state index contributed by atoms with van der Waals surface area (Å²) in [6, 6.07) is 2.04. The quantitative estimate of drug-likeness (QED) is 0.788. The maximum atomic E-state index is 11.3. The van der Waals surface area contributed by atoms with E-state index in [1.54, 1.807) is 0 Å². The van der Waals surface area contributed by atoms with E-state index in [9.17, 15) is 4.79 Å². The lowest BCUT2D eigenvalue weighted by atomic mass is 10.3. The lowest BCUT2D eigenvalue weighted by molar-refractivity contribution is -0.116. The number of aromatic nitrogens is 2. The van der Waals surface area contributed by atoms with Gasteiger partial charge in [-0.25, -0.2) is 9.97 Å². The van der Waals surface area contributed by atoms with Gasteiger partial charge in [0.05, 0.1) is 6.54 Å². The standard InChI is InChI=1S/C14H23N5O/c1-4-16-12-7-13(18-14(17-12)10-5-6-10)19(9(2)3)8-11(15)20/h7,9-10H,4-6,8H2,1-3H3,(H2,15,20)(H,16,17,18). The van der Waals surface area contributed by atoms with Crippen LogP contribution < -0.4 is 16.0 Å². The van der Waals surface area contributed by atoms with E-state index in [0.29, 0.717) is 5.92 Å². The van der Waals surface area contributed by atoms with Crippen molar-refractivity contribution in [2.75, 3.05) is 23.3 Å². The summed E-state index contributed by atoms with van der Waals surface area (Å²) in [4.78, 5) is 22.3. The minimum absolute atomic E-state index is 0.152. The maximum Gasteiger partial charge on any atom is 0.237 e. The molecule has 2 rings (SSSR count). The molecule has 0 atom stereocenters. The monoisotopic (exact) mass is 277 g/mol. The number of nitrogens with two attached hydrogens (primary N) is 1. The molecule has 1 saturated carbocycles. The molecular formula is C14H23N5O. The zero-order valence-corrected chi connectivity index (χ0v) is 12.4. The molecule has 0 saturated heterocycles. The van der Waals surface area contributed by atoms with Gasteiger partial charge in [0.1, 0.15) is 17.5 Å². The number of carbonyl (C=O) groups excluding carboxylic acids is 1. The number of amides is 1. The lowest BCUT2D eigenvalue weighted by Gasteiger charge is -2.27. The van der Waals surface area contributed by atoms with Gasteiger partial charge in [-0.3, -0.25) is 4.79 Å². The van der Waals surface area contributed by atoms with Crippen LogP contribution in [0.25, 0.3) is 0 Å². The van der Waals surface area contributed by atoms with E-state index in [1.807, 2.05) is 31.7 Å². The first-order valence-electron chi connectivity index (χ1n) is 7.19. The van der Waals surface area contributed by atoms with E-state index in [0.717, 1.165) is 36.8 Å². The molecule has 3 N–H and O–H groups in total. The van der Waals surface area contributed by atoms with E-state index in [-0.39, 0.29) is 18.5 Å². The number of nitrogens with zero attached hydrogens (tertiary/aromatic N) is 3. The first kappa shape index (κ1) is 14.6. The van der Waals surface area contributed by atoms with Crippen molar-refractivity contribution in [1.29, 1.82) is 0 Å². The summed E-state index contributed by atoms with van der Waals surface area (Å²) >= 11 is 0. The highest BCUT2D eigenvalue weighted by Crippen LogP contribution is 2.39. The maximum absolute atomic E-state index is 11.3. The molecule has 1 fully saturated rings. The number of hydrogen-bond acceptors (Lipinski definition) is 5. The Kier molecular flexibility index (Phi) is 4.42. The molecule has 0 aromatic carbocycles. The van der Waals surface area contributed by atoms with Gasteiger partial charge < -0.3 is 16.0 Å². The van der Waals surface area contributed by atoms with Crippen LogP contribution in [0.15, 0.2) is 6.07 Å². The molecule has 0 spiro atoms. The van der Waals surface area contributed by atoms with Gasteiger partial charge in [0.2, 0.25) is 5.91 Å². The second-order valence-corrected chi connectivity index (χ2v) is 5.46. The van der Waals surface area contributed by atoms with E-state index >= 15 is 0 Å². The second kappa shape index (κ2) is 6.07. The van der Waals surface area contributed by atoms with E-state index in [4.69, 9.17) is 5.73 Å². The van der Waals surface area contributed by atoms with Gasteiger partial charge in [-0.15, -0.1) is 0 Å². The average molecular weight is 277 g/mol. The number of primary amides is 1. The molecule has 1 aromatic rings. The van der Waals surface area contributed by atoms with Crippen molar-refractivity contribution >= 4 is 17.5 Å². The molecule has 1 amide bonds. The van der Waals surface area contributed by atoms with Gasteiger partial charge in [-0.1, -0.05) is 0 Å². The van der Waals surface area contributed by atoms with E-state index in [2.05, 4.69) is 15.3 Å². The molecule has 6 heteroatoms. The first-order valence-corrected chi connectivity index (χ1v) is 7.19. The molecule has 1 heterocycles. The Hall–Kier alpha value is -1.85. The Morgan fingerprint density at radius 3 is 2.70 bits per heavy atom.